The van der Waals surface area contributed by atoms with E-state index in [1.54, 1.807) is 0 Å². The van der Waals surface area contributed by atoms with Crippen molar-refractivity contribution in [3.8, 4) is 0 Å². The predicted molar refractivity (Wildman–Crippen MR) is 72.5 cm³/mol. The number of aromatic nitrogens is 4. The molecule has 2 heterocycles. The molecule has 18 heavy (non-hydrogen) atoms. The van der Waals surface area contributed by atoms with Crippen molar-refractivity contribution >= 4 is 5.82 Å². The van der Waals surface area contributed by atoms with Gasteiger partial charge in [0.25, 0.3) is 0 Å². The van der Waals surface area contributed by atoms with Crippen molar-refractivity contribution in [2.24, 2.45) is 0 Å². The largest absolute Gasteiger partial charge is 0.364 e. The summed E-state index contributed by atoms with van der Waals surface area (Å²) in [4.78, 5) is 0. The fourth-order valence-corrected chi connectivity index (χ4v) is 1.73. The lowest BCUT2D eigenvalue weighted by Gasteiger charge is -2.08. The molecular formula is C13H21N5. The Hall–Kier alpha value is -1.78. The molecule has 0 aliphatic rings. The lowest BCUT2D eigenvalue weighted by molar-refractivity contribution is 0.479. The van der Waals surface area contributed by atoms with Crippen LogP contribution in [0.5, 0.6) is 0 Å². The maximum absolute atomic E-state index is 4.50. The Labute approximate surface area is 108 Å². The molecule has 0 aromatic carbocycles. The lowest BCUT2D eigenvalue weighted by Crippen LogP contribution is -2.06. The average Bonchev–Trinajstić information content (AvgIpc) is 3.04. The van der Waals surface area contributed by atoms with Gasteiger partial charge in [0.05, 0.1) is 6.20 Å². The highest BCUT2D eigenvalue weighted by molar-refractivity contribution is 5.33. The Morgan fingerprint density at radius 2 is 2.22 bits per heavy atom. The maximum Gasteiger partial charge on any atom is 0.148 e. The van der Waals surface area contributed by atoms with Crippen molar-refractivity contribution in [1.82, 2.24) is 19.6 Å². The standard InChI is InChI=1S/C13H21N5/c1-4-11(3)18-7-6-13(16-18)14-8-12-9-15-17(5-2)10-12/h6-7,9-11H,4-5,8H2,1-3H3,(H,14,16). The highest BCUT2D eigenvalue weighted by Crippen LogP contribution is 2.12. The zero-order valence-corrected chi connectivity index (χ0v) is 11.3. The van der Waals surface area contributed by atoms with Crippen molar-refractivity contribution in [2.75, 3.05) is 5.32 Å². The van der Waals surface area contributed by atoms with E-state index in [-0.39, 0.29) is 0 Å². The second kappa shape index (κ2) is 5.71. The predicted octanol–water partition coefficient (Wildman–Crippen LogP) is 2.68. The smallest absolute Gasteiger partial charge is 0.148 e. The summed E-state index contributed by atoms with van der Waals surface area (Å²) in [7, 11) is 0. The van der Waals surface area contributed by atoms with Crippen LogP contribution in [0.15, 0.2) is 24.7 Å². The fraction of sp³-hybridized carbons (Fsp3) is 0.538. The monoisotopic (exact) mass is 247 g/mol. The first-order valence-corrected chi connectivity index (χ1v) is 6.53. The fourth-order valence-electron chi connectivity index (χ4n) is 1.73. The third kappa shape index (κ3) is 2.91. The first-order valence-electron chi connectivity index (χ1n) is 6.53. The first-order chi connectivity index (χ1) is 8.72. The Morgan fingerprint density at radius 1 is 1.39 bits per heavy atom. The number of hydrogen-bond donors (Lipinski definition) is 1. The van der Waals surface area contributed by atoms with Crippen LogP contribution in [0, 0.1) is 0 Å². The summed E-state index contributed by atoms with van der Waals surface area (Å²) >= 11 is 0. The molecule has 0 spiro atoms. The van der Waals surface area contributed by atoms with Gasteiger partial charge in [-0.15, -0.1) is 0 Å². The van der Waals surface area contributed by atoms with E-state index >= 15 is 0 Å². The van der Waals surface area contributed by atoms with Crippen molar-refractivity contribution in [1.29, 1.82) is 0 Å². The molecule has 5 nitrogen and oxygen atoms in total. The molecule has 0 aliphatic heterocycles. The molecule has 1 unspecified atom stereocenters. The van der Waals surface area contributed by atoms with Gasteiger partial charge in [0.15, 0.2) is 0 Å². The van der Waals surface area contributed by atoms with Gasteiger partial charge in [-0.3, -0.25) is 9.36 Å². The molecule has 2 rings (SSSR count). The van der Waals surface area contributed by atoms with Gasteiger partial charge >= 0.3 is 0 Å². The molecule has 2 aromatic rings. The molecule has 0 saturated carbocycles. The molecule has 98 valence electrons. The molecular weight excluding hydrogens is 226 g/mol. The van der Waals surface area contributed by atoms with Crippen LogP contribution < -0.4 is 5.32 Å². The molecule has 5 heteroatoms. The van der Waals surface area contributed by atoms with Crippen LogP contribution in [0.4, 0.5) is 5.82 Å². The topological polar surface area (TPSA) is 47.7 Å². The van der Waals surface area contributed by atoms with Gasteiger partial charge in [-0.25, -0.2) is 0 Å². The number of nitrogens with one attached hydrogen (secondary N) is 1. The van der Waals surface area contributed by atoms with Crippen LogP contribution in [0.3, 0.4) is 0 Å². The number of nitrogens with zero attached hydrogens (tertiary/aromatic N) is 4. The molecule has 0 radical (unpaired) electrons. The maximum atomic E-state index is 4.50. The van der Waals surface area contributed by atoms with E-state index in [1.165, 1.54) is 5.56 Å². The van der Waals surface area contributed by atoms with Gasteiger partial charge in [0.1, 0.15) is 5.82 Å². The summed E-state index contributed by atoms with van der Waals surface area (Å²) in [6, 6.07) is 2.46. The second-order valence-electron chi connectivity index (χ2n) is 4.50. The Morgan fingerprint density at radius 3 is 2.89 bits per heavy atom. The van der Waals surface area contributed by atoms with Gasteiger partial charge in [-0.2, -0.15) is 10.2 Å². The van der Waals surface area contributed by atoms with Gasteiger partial charge in [-0.05, 0) is 20.3 Å². The van der Waals surface area contributed by atoms with Crippen LogP contribution in [0.1, 0.15) is 38.8 Å². The summed E-state index contributed by atoms with van der Waals surface area (Å²) in [5, 5.41) is 12.1. The third-order valence-electron chi connectivity index (χ3n) is 3.14. The summed E-state index contributed by atoms with van der Waals surface area (Å²) in [5.74, 6) is 0.916. The lowest BCUT2D eigenvalue weighted by atomic mass is 10.3. The Kier molecular flexibility index (Phi) is 4.02. The highest BCUT2D eigenvalue weighted by Gasteiger charge is 2.04. The average molecular weight is 247 g/mol. The van der Waals surface area contributed by atoms with Gasteiger partial charge < -0.3 is 5.32 Å². The van der Waals surface area contributed by atoms with Crippen LogP contribution >= 0.6 is 0 Å². The number of anilines is 1. The van der Waals surface area contributed by atoms with E-state index in [9.17, 15) is 0 Å². The molecule has 0 bridgehead atoms. The summed E-state index contributed by atoms with van der Waals surface area (Å²) in [6.07, 6.45) is 7.05. The van der Waals surface area contributed by atoms with E-state index < -0.39 is 0 Å². The second-order valence-corrected chi connectivity index (χ2v) is 4.50. The zero-order chi connectivity index (χ0) is 13.0. The molecule has 0 aliphatic carbocycles. The molecule has 2 aromatic heterocycles. The van der Waals surface area contributed by atoms with Crippen LogP contribution in [0.2, 0.25) is 0 Å². The van der Waals surface area contributed by atoms with Crippen molar-refractivity contribution < 1.29 is 0 Å². The minimum Gasteiger partial charge on any atom is -0.364 e. The van der Waals surface area contributed by atoms with E-state index in [1.807, 2.05) is 27.8 Å². The zero-order valence-electron chi connectivity index (χ0n) is 11.3. The molecule has 0 amide bonds. The Bertz CT molecular complexity index is 485. The van der Waals surface area contributed by atoms with Crippen LogP contribution in [-0.2, 0) is 13.1 Å². The summed E-state index contributed by atoms with van der Waals surface area (Å²) < 4.78 is 3.92. The van der Waals surface area contributed by atoms with E-state index in [4.69, 9.17) is 0 Å². The Balaban J connectivity index is 1.91. The highest BCUT2D eigenvalue weighted by atomic mass is 15.3. The van der Waals surface area contributed by atoms with Gasteiger partial charge in [0.2, 0.25) is 0 Å². The quantitative estimate of drug-likeness (QED) is 0.853. The van der Waals surface area contributed by atoms with Gasteiger partial charge in [-0.1, -0.05) is 6.92 Å². The van der Waals surface area contributed by atoms with Crippen molar-refractivity contribution in [3.05, 3.63) is 30.2 Å². The first kappa shape index (κ1) is 12.7. The SMILES string of the molecule is CCC(C)n1ccc(NCc2cnn(CC)c2)n1. The van der Waals surface area contributed by atoms with Crippen molar-refractivity contribution in [3.63, 3.8) is 0 Å². The number of aryl methyl sites for hydroxylation is 1. The molecule has 1 atom stereocenters. The summed E-state index contributed by atoms with van der Waals surface area (Å²) in [5.41, 5.74) is 1.18. The normalized spacial score (nSPS) is 12.6. The minimum absolute atomic E-state index is 0.448. The van der Waals surface area contributed by atoms with Crippen LogP contribution in [-0.4, -0.2) is 19.6 Å². The summed E-state index contributed by atoms with van der Waals surface area (Å²) in [6.45, 7) is 8.08. The number of rotatable bonds is 6. The molecule has 0 saturated heterocycles. The third-order valence-corrected chi connectivity index (χ3v) is 3.14. The number of hydrogen-bond acceptors (Lipinski definition) is 3. The molecule has 1 N–H and O–H groups in total. The van der Waals surface area contributed by atoms with E-state index in [0.717, 1.165) is 25.3 Å². The van der Waals surface area contributed by atoms with Crippen molar-refractivity contribution in [2.45, 2.75) is 46.3 Å². The van der Waals surface area contributed by atoms with Gasteiger partial charge in [0, 0.05) is 43.2 Å². The minimum atomic E-state index is 0.448. The molecule has 0 fully saturated rings. The van der Waals surface area contributed by atoms with E-state index in [2.05, 4.69) is 42.5 Å². The van der Waals surface area contributed by atoms with E-state index in [0.29, 0.717) is 6.04 Å². The van der Waals surface area contributed by atoms with Crippen LogP contribution in [0.25, 0.3) is 0 Å².